The number of aliphatic carboxylic acids is 2. The molecule has 6 aromatic carbocycles. The van der Waals surface area contributed by atoms with E-state index in [1.807, 2.05) is 121 Å². The minimum Gasteiger partial charge on any atom is -0.480 e. The molecule has 2 heterocycles. The first kappa shape index (κ1) is 47.0. The molecule has 2 unspecified atom stereocenters. The molecule has 0 bridgehead atoms. The number of carboxylic acids is 2. The summed E-state index contributed by atoms with van der Waals surface area (Å²) in [5.41, 5.74) is 6.23. The molecule has 6 aromatic rings. The highest BCUT2D eigenvalue weighted by molar-refractivity contribution is 6.19. The monoisotopic (exact) mass is 908 g/mol. The Bertz CT molecular complexity index is 2540. The van der Waals surface area contributed by atoms with Crippen LogP contribution in [0, 0.1) is 0 Å². The molecule has 0 radical (unpaired) electrons. The lowest BCUT2D eigenvalue weighted by Gasteiger charge is -2.24. The van der Waals surface area contributed by atoms with Crippen molar-refractivity contribution in [2.24, 2.45) is 9.98 Å². The first-order chi connectivity index (χ1) is 33.2. The molecular formula is C56H56N6O6. The molecule has 2 fully saturated rings. The van der Waals surface area contributed by atoms with E-state index in [9.17, 15) is 29.4 Å². The number of hydrogen-bond donors (Lipinski definition) is 4. The van der Waals surface area contributed by atoms with Gasteiger partial charge in [-0.05, 0) is 74.9 Å². The number of hydrogen-bond acceptors (Lipinski definition) is 8. The van der Waals surface area contributed by atoms with Gasteiger partial charge < -0.3 is 20.8 Å². The summed E-state index contributed by atoms with van der Waals surface area (Å²) < 4.78 is 0. The van der Waals surface area contributed by atoms with E-state index < -0.39 is 24.0 Å². The van der Waals surface area contributed by atoms with Gasteiger partial charge in [-0.25, -0.2) is 9.59 Å². The summed E-state index contributed by atoms with van der Waals surface area (Å²) in [6.45, 7) is 2.86. The summed E-state index contributed by atoms with van der Waals surface area (Å²) in [5, 5.41) is 27.7. The van der Waals surface area contributed by atoms with Gasteiger partial charge >= 0.3 is 11.9 Å². The first-order valence-corrected chi connectivity index (χ1v) is 23.3. The lowest BCUT2D eigenvalue weighted by molar-refractivity contribution is -0.141. The van der Waals surface area contributed by atoms with Crippen LogP contribution in [0.2, 0.25) is 0 Å². The third-order valence-corrected chi connectivity index (χ3v) is 12.6. The molecule has 2 amide bonds. The molecule has 2 aliphatic rings. The molecule has 2 saturated heterocycles. The Balaban J connectivity index is 1.06. The van der Waals surface area contributed by atoms with Crippen LogP contribution < -0.4 is 10.6 Å². The van der Waals surface area contributed by atoms with Gasteiger partial charge in [-0.1, -0.05) is 158 Å². The van der Waals surface area contributed by atoms with Gasteiger partial charge in [-0.15, -0.1) is 0 Å². The van der Waals surface area contributed by atoms with Crippen molar-refractivity contribution in [1.82, 2.24) is 9.80 Å². The number of rotatable bonds is 19. The van der Waals surface area contributed by atoms with Crippen LogP contribution in [0.5, 0.6) is 0 Å². The highest BCUT2D eigenvalue weighted by Gasteiger charge is 2.33. The van der Waals surface area contributed by atoms with Gasteiger partial charge in [-0.2, -0.15) is 0 Å². The van der Waals surface area contributed by atoms with E-state index in [2.05, 4.69) is 44.7 Å². The van der Waals surface area contributed by atoms with Crippen LogP contribution in [0.1, 0.15) is 71.9 Å². The van der Waals surface area contributed by atoms with Gasteiger partial charge in [0.15, 0.2) is 0 Å². The molecule has 12 heteroatoms. The minimum absolute atomic E-state index is 0.158. The fourth-order valence-corrected chi connectivity index (χ4v) is 9.19. The van der Waals surface area contributed by atoms with E-state index in [0.717, 1.165) is 37.1 Å². The largest absolute Gasteiger partial charge is 0.480 e. The summed E-state index contributed by atoms with van der Waals surface area (Å²) in [5.74, 6) is -2.79. The predicted octanol–water partition coefficient (Wildman–Crippen LogP) is 8.95. The highest BCUT2D eigenvalue weighted by atomic mass is 16.4. The van der Waals surface area contributed by atoms with Gasteiger partial charge in [0.2, 0.25) is 11.8 Å². The van der Waals surface area contributed by atoms with Crippen LogP contribution in [0.3, 0.4) is 0 Å². The topological polar surface area (TPSA) is 164 Å². The SMILES string of the molecule is O=C(O)C(CCC(N=C(c1ccccc1)c1ccccc1NC(=O)[C@@H]1CCCN1Cc1ccccc1)C(=O)O)N=C(c1ccccc1)c1ccccc1NC(=O)[C@H]1CCCN1Cc1ccccc1. The smallest absolute Gasteiger partial charge is 0.328 e. The normalized spacial score (nSPS) is 17.6. The van der Waals surface area contributed by atoms with Crippen LogP contribution in [0.15, 0.2) is 180 Å². The number of carbonyl (C=O) groups is 4. The maximum absolute atomic E-state index is 14.0. The van der Waals surface area contributed by atoms with Gasteiger partial charge in [0.1, 0.15) is 12.1 Å². The standard InChI is InChI=1S/C56H56N6O6/c63-53(49-31-17-35-61(49)37-39-19-5-1-6-20-39)59-45-29-15-13-27-43(45)51(41-23-9-3-10-24-41)57-47(55(65)66)33-34-48(56(67)68)58-52(42-25-11-4-12-26-42)44-28-14-16-30-46(44)60-54(64)50-32-18-36-62(50)38-40-21-7-2-8-22-40/h1-16,19-30,47-50H,17-18,31-38H2,(H,59,63)(H,60,64)(H,65,66)(H,67,68)/t47?,48?,49-,50+. The third kappa shape index (κ3) is 11.9. The number of carboxylic acid groups (broad SMARTS) is 2. The van der Waals surface area contributed by atoms with Crippen LogP contribution in [-0.4, -0.2) is 92.4 Å². The number of likely N-dealkylation sites (tertiary alicyclic amines) is 2. The second-order valence-corrected chi connectivity index (χ2v) is 17.3. The number of anilines is 2. The van der Waals surface area contributed by atoms with E-state index in [0.29, 0.717) is 71.0 Å². The van der Waals surface area contributed by atoms with Crippen molar-refractivity contribution in [3.8, 4) is 0 Å². The number of carbonyl (C=O) groups excluding carboxylic acids is 2. The van der Waals surface area contributed by atoms with E-state index in [-0.39, 0.29) is 36.7 Å². The van der Waals surface area contributed by atoms with Crippen molar-refractivity contribution in [2.75, 3.05) is 23.7 Å². The molecular weight excluding hydrogens is 853 g/mol. The molecule has 4 atom stereocenters. The zero-order chi connectivity index (χ0) is 47.2. The molecule has 0 aliphatic carbocycles. The van der Waals surface area contributed by atoms with Crippen molar-refractivity contribution < 1.29 is 29.4 Å². The van der Waals surface area contributed by atoms with Crippen molar-refractivity contribution >= 4 is 46.6 Å². The van der Waals surface area contributed by atoms with Gasteiger partial charge in [-0.3, -0.25) is 29.4 Å². The van der Waals surface area contributed by atoms with Crippen molar-refractivity contribution in [2.45, 2.75) is 75.8 Å². The molecule has 68 heavy (non-hydrogen) atoms. The van der Waals surface area contributed by atoms with Gasteiger partial charge in [0.25, 0.3) is 0 Å². The molecule has 4 N–H and O–H groups in total. The fraction of sp³-hybridized carbons (Fsp3) is 0.250. The number of benzene rings is 6. The van der Waals surface area contributed by atoms with E-state index in [1.165, 1.54) is 0 Å². The number of aliphatic imine (C=N–C) groups is 2. The zero-order valence-corrected chi connectivity index (χ0v) is 37.9. The number of para-hydroxylation sites is 2. The Morgan fingerprint density at radius 3 is 1.19 bits per heavy atom. The average molecular weight is 909 g/mol. The van der Waals surface area contributed by atoms with Crippen LogP contribution >= 0.6 is 0 Å². The molecule has 0 aromatic heterocycles. The van der Waals surface area contributed by atoms with E-state index in [1.54, 1.807) is 24.3 Å². The zero-order valence-electron chi connectivity index (χ0n) is 37.9. The Hall–Kier alpha value is -7.54. The quantitative estimate of drug-likeness (QED) is 0.0586. The Kier molecular flexibility index (Phi) is 15.7. The highest BCUT2D eigenvalue weighted by Crippen LogP contribution is 2.28. The number of nitrogens with one attached hydrogen (secondary N) is 2. The summed E-state index contributed by atoms with van der Waals surface area (Å²) in [6.07, 6.45) is 2.84. The van der Waals surface area contributed by atoms with Gasteiger partial charge in [0.05, 0.1) is 34.9 Å². The summed E-state index contributed by atoms with van der Waals surface area (Å²) in [7, 11) is 0. The van der Waals surface area contributed by atoms with Crippen molar-refractivity contribution in [3.63, 3.8) is 0 Å². The number of amides is 2. The Labute approximate surface area is 397 Å². The van der Waals surface area contributed by atoms with Crippen LogP contribution in [0.25, 0.3) is 0 Å². The molecule has 346 valence electrons. The lowest BCUT2D eigenvalue weighted by Crippen LogP contribution is -2.39. The summed E-state index contributed by atoms with van der Waals surface area (Å²) in [4.78, 5) is 68.4. The second-order valence-electron chi connectivity index (χ2n) is 17.3. The summed E-state index contributed by atoms with van der Waals surface area (Å²) in [6, 6.07) is 49.4. The lowest BCUT2D eigenvalue weighted by atomic mass is 9.98. The van der Waals surface area contributed by atoms with Crippen molar-refractivity contribution in [3.05, 3.63) is 203 Å². The average Bonchev–Trinajstić information content (AvgIpc) is 4.04. The van der Waals surface area contributed by atoms with E-state index >= 15 is 0 Å². The van der Waals surface area contributed by atoms with Crippen LogP contribution in [-0.2, 0) is 32.3 Å². The van der Waals surface area contributed by atoms with Crippen LogP contribution in [0.4, 0.5) is 11.4 Å². The van der Waals surface area contributed by atoms with Crippen molar-refractivity contribution in [1.29, 1.82) is 0 Å². The Morgan fingerprint density at radius 2 is 0.824 bits per heavy atom. The Morgan fingerprint density at radius 1 is 0.485 bits per heavy atom. The van der Waals surface area contributed by atoms with Gasteiger partial charge in [0, 0.05) is 35.3 Å². The molecule has 12 nitrogen and oxygen atoms in total. The molecule has 0 saturated carbocycles. The molecule has 8 rings (SSSR count). The molecule has 2 aliphatic heterocycles. The summed E-state index contributed by atoms with van der Waals surface area (Å²) >= 11 is 0. The molecule has 0 spiro atoms. The minimum atomic E-state index is -1.38. The second kappa shape index (κ2) is 22.8. The maximum Gasteiger partial charge on any atom is 0.328 e. The number of nitrogens with zero attached hydrogens (tertiary/aromatic N) is 4. The first-order valence-electron chi connectivity index (χ1n) is 23.3. The maximum atomic E-state index is 14.0. The van der Waals surface area contributed by atoms with E-state index in [4.69, 9.17) is 9.98 Å². The fourth-order valence-electron chi connectivity index (χ4n) is 9.19. The predicted molar refractivity (Wildman–Crippen MR) is 266 cm³/mol. The third-order valence-electron chi connectivity index (χ3n) is 12.6.